The zero-order chi connectivity index (χ0) is 9.10. The van der Waals surface area contributed by atoms with Crippen LogP contribution >= 0.6 is 0 Å². The number of allylic oxidation sites excluding steroid dienone is 2. The van der Waals surface area contributed by atoms with Crippen LogP contribution in [0.3, 0.4) is 0 Å². The second-order valence-corrected chi connectivity index (χ2v) is 4.80. The number of likely N-dealkylation sites (tertiary alicyclic amines) is 1. The molecule has 2 unspecified atom stereocenters. The molecule has 2 rings (SSSR count). The maximum Gasteiger partial charge on any atom is 0.00128 e. The van der Waals surface area contributed by atoms with Crippen LogP contribution in [0.25, 0.3) is 0 Å². The summed E-state index contributed by atoms with van der Waals surface area (Å²) >= 11 is 0. The van der Waals surface area contributed by atoms with Crippen LogP contribution in [-0.4, -0.2) is 24.5 Å². The molecule has 0 aromatic carbocycles. The van der Waals surface area contributed by atoms with Gasteiger partial charge in [0.15, 0.2) is 0 Å². The molecule has 0 radical (unpaired) electrons. The molecule has 1 heterocycles. The third kappa shape index (κ3) is 2.57. The average Bonchev–Trinajstić information content (AvgIpc) is 2.53. The minimum atomic E-state index is 0.944. The van der Waals surface area contributed by atoms with Crippen LogP contribution in [-0.2, 0) is 0 Å². The van der Waals surface area contributed by atoms with Crippen LogP contribution in [0.5, 0.6) is 0 Å². The van der Waals surface area contributed by atoms with Crippen LogP contribution in [0.4, 0.5) is 0 Å². The van der Waals surface area contributed by atoms with Crippen LogP contribution in [0.15, 0.2) is 12.2 Å². The van der Waals surface area contributed by atoms with Crippen molar-refractivity contribution >= 4 is 0 Å². The van der Waals surface area contributed by atoms with Gasteiger partial charge in [0.05, 0.1) is 0 Å². The number of rotatable bonds is 2. The van der Waals surface area contributed by atoms with Crippen LogP contribution in [0.2, 0.25) is 0 Å². The quantitative estimate of drug-likeness (QED) is 0.589. The van der Waals surface area contributed by atoms with E-state index in [0.717, 1.165) is 11.8 Å². The summed E-state index contributed by atoms with van der Waals surface area (Å²) in [6, 6.07) is 0. The van der Waals surface area contributed by atoms with E-state index in [2.05, 4.69) is 24.0 Å². The third-order valence-electron chi connectivity index (χ3n) is 3.40. The van der Waals surface area contributed by atoms with Gasteiger partial charge in [0.1, 0.15) is 0 Å². The van der Waals surface area contributed by atoms with Crippen LogP contribution in [0, 0.1) is 11.8 Å². The summed E-state index contributed by atoms with van der Waals surface area (Å²) in [5.41, 5.74) is 0. The summed E-state index contributed by atoms with van der Waals surface area (Å²) in [5.74, 6) is 1.90. The van der Waals surface area contributed by atoms with E-state index in [9.17, 15) is 0 Å². The molecule has 1 aliphatic heterocycles. The first-order chi connectivity index (χ1) is 6.34. The Balaban J connectivity index is 1.74. The van der Waals surface area contributed by atoms with Gasteiger partial charge in [0, 0.05) is 13.1 Å². The van der Waals surface area contributed by atoms with Crippen molar-refractivity contribution in [2.24, 2.45) is 11.8 Å². The smallest absolute Gasteiger partial charge is 0.00128 e. The first kappa shape index (κ1) is 9.26. The molecule has 2 aliphatic rings. The van der Waals surface area contributed by atoms with Gasteiger partial charge in [0.25, 0.3) is 0 Å². The van der Waals surface area contributed by atoms with Crippen LogP contribution in [0.1, 0.15) is 32.6 Å². The Labute approximate surface area is 81.8 Å². The highest BCUT2D eigenvalue weighted by atomic mass is 15.1. The molecular formula is C12H21N. The van der Waals surface area contributed by atoms with E-state index in [1.54, 1.807) is 0 Å². The molecule has 0 bridgehead atoms. The lowest BCUT2D eigenvalue weighted by molar-refractivity contribution is 0.260. The molecule has 1 fully saturated rings. The fourth-order valence-corrected chi connectivity index (χ4v) is 2.58. The summed E-state index contributed by atoms with van der Waals surface area (Å²) in [5, 5.41) is 0. The molecule has 2 atom stereocenters. The van der Waals surface area contributed by atoms with Crippen molar-refractivity contribution in [1.82, 2.24) is 4.90 Å². The maximum atomic E-state index is 2.66. The molecule has 0 aromatic rings. The van der Waals surface area contributed by atoms with E-state index in [0.29, 0.717) is 0 Å². The summed E-state index contributed by atoms with van der Waals surface area (Å²) in [7, 11) is 0. The van der Waals surface area contributed by atoms with E-state index in [4.69, 9.17) is 0 Å². The number of hydrogen-bond donors (Lipinski definition) is 0. The fraction of sp³-hybridized carbons (Fsp3) is 0.833. The topological polar surface area (TPSA) is 3.24 Å². The molecule has 1 heteroatoms. The molecule has 0 N–H and O–H groups in total. The van der Waals surface area contributed by atoms with Crippen molar-refractivity contribution in [3.63, 3.8) is 0 Å². The average molecular weight is 179 g/mol. The maximum absolute atomic E-state index is 2.66. The zero-order valence-electron chi connectivity index (χ0n) is 8.71. The first-order valence-corrected chi connectivity index (χ1v) is 5.72. The SMILES string of the molecule is CC1CCN(CC2CC=CCC2)C1. The molecule has 0 amide bonds. The Morgan fingerprint density at radius 3 is 2.85 bits per heavy atom. The molecule has 1 saturated heterocycles. The van der Waals surface area contributed by atoms with Crippen molar-refractivity contribution in [3.8, 4) is 0 Å². The van der Waals surface area contributed by atoms with Gasteiger partial charge in [-0.2, -0.15) is 0 Å². The van der Waals surface area contributed by atoms with Gasteiger partial charge in [-0.15, -0.1) is 0 Å². The standard InChI is InChI=1S/C12H21N/c1-11-7-8-13(9-11)10-12-5-3-2-4-6-12/h2-3,11-12H,4-10H2,1H3. The minimum Gasteiger partial charge on any atom is -0.303 e. The lowest BCUT2D eigenvalue weighted by Crippen LogP contribution is -2.27. The lowest BCUT2D eigenvalue weighted by atomic mass is 9.94. The summed E-state index contributed by atoms with van der Waals surface area (Å²) < 4.78 is 0. The predicted molar refractivity (Wildman–Crippen MR) is 56.7 cm³/mol. The second-order valence-electron chi connectivity index (χ2n) is 4.80. The van der Waals surface area contributed by atoms with E-state index in [1.165, 1.54) is 45.3 Å². The van der Waals surface area contributed by atoms with Crippen molar-refractivity contribution in [1.29, 1.82) is 0 Å². The van der Waals surface area contributed by atoms with Gasteiger partial charge in [-0.3, -0.25) is 0 Å². The Morgan fingerprint density at radius 1 is 1.31 bits per heavy atom. The van der Waals surface area contributed by atoms with Crippen LogP contribution < -0.4 is 0 Å². The Kier molecular flexibility index (Phi) is 3.05. The van der Waals surface area contributed by atoms with Crippen molar-refractivity contribution in [2.45, 2.75) is 32.6 Å². The van der Waals surface area contributed by atoms with Crippen molar-refractivity contribution in [3.05, 3.63) is 12.2 Å². The van der Waals surface area contributed by atoms with E-state index in [1.807, 2.05) is 0 Å². The Hall–Kier alpha value is -0.300. The summed E-state index contributed by atoms with van der Waals surface area (Å²) in [6.45, 7) is 6.43. The van der Waals surface area contributed by atoms with Gasteiger partial charge >= 0.3 is 0 Å². The van der Waals surface area contributed by atoms with Gasteiger partial charge in [-0.05, 0) is 44.1 Å². The first-order valence-electron chi connectivity index (χ1n) is 5.72. The minimum absolute atomic E-state index is 0.944. The molecule has 0 spiro atoms. The Bertz CT molecular complexity index is 186. The van der Waals surface area contributed by atoms with E-state index in [-0.39, 0.29) is 0 Å². The molecule has 74 valence electrons. The highest BCUT2D eigenvalue weighted by Crippen LogP contribution is 2.22. The van der Waals surface area contributed by atoms with Gasteiger partial charge < -0.3 is 4.90 Å². The zero-order valence-corrected chi connectivity index (χ0v) is 8.71. The second kappa shape index (κ2) is 4.28. The van der Waals surface area contributed by atoms with E-state index < -0.39 is 0 Å². The van der Waals surface area contributed by atoms with Crippen molar-refractivity contribution in [2.75, 3.05) is 19.6 Å². The third-order valence-corrected chi connectivity index (χ3v) is 3.40. The van der Waals surface area contributed by atoms with Gasteiger partial charge in [-0.1, -0.05) is 19.1 Å². The van der Waals surface area contributed by atoms with E-state index >= 15 is 0 Å². The highest BCUT2D eigenvalue weighted by Gasteiger charge is 2.21. The summed E-state index contributed by atoms with van der Waals surface area (Å²) in [4.78, 5) is 2.66. The van der Waals surface area contributed by atoms with Gasteiger partial charge in [-0.25, -0.2) is 0 Å². The lowest BCUT2D eigenvalue weighted by Gasteiger charge is -2.24. The van der Waals surface area contributed by atoms with Crippen molar-refractivity contribution < 1.29 is 0 Å². The largest absolute Gasteiger partial charge is 0.303 e. The molecule has 1 nitrogen and oxygen atoms in total. The predicted octanol–water partition coefficient (Wildman–Crippen LogP) is 2.68. The molecular weight excluding hydrogens is 158 g/mol. The number of hydrogen-bond acceptors (Lipinski definition) is 1. The molecule has 0 aromatic heterocycles. The molecule has 13 heavy (non-hydrogen) atoms. The summed E-state index contributed by atoms with van der Waals surface area (Å²) in [6.07, 6.45) is 10.2. The normalized spacial score (nSPS) is 35.5. The molecule has 1 aliphatic carbocycles. The van der Waals surface area contributed by atoms with Gasteiger partial charge in [0.2, 0.25) is 0 Å². The number of nitrogens with zero attached hydrogens (tertiary/aromatic N) is 1. The Morgan fingerprint density at radius 2 is 2.23 bits per heavy atom. The highest BCUT2D eigenvalue weighted by molar-refractivity contribution is 4.91. The molecule has 0 saturated carbocycles. The monoisotopic (exact) mass is 179 g/mol. The fourth-order valence-electron chi connectivity index (χ4n) is 2.58.